The zero-order chi connectivity index (χ0) is 19.9. The molecule has 0 saturated carbocycles. The molecule has 2 aromatic rings. The van der Waals surface area contributed by atoms with Crippen molar-refractivity contribution in [3.63, 3.8) is 0 Å². The minimum atomic E-state index is -1.76. The number of carbonyl (C=O) groups excluding carboxylic acids is 4. The lowest BCUT2D eigenvalue weighted by atomic mass is 9.69. The maximum Gasteiger partial charge on any atom is 0.324 e. The summed E-state index contributed by atoms with van der Waals surface area (Å²) in [7, 11) is 1.20. The van der Waals surface area contributed by atoms with Gasteiger partial charge < -0.3 is 4.74 Å². The Morgan fingerprint density at radius 3 is 2.46 bits per heavy atom. The first-order valence-corrected chi connectivity index (χ1v) is 9.08. The Morgan fingerprint density at radius 2 is 1.75 bits per heavy atom. The largest absolute Gasteiger partial charge is 0.468 e. The molecule has 28 heavy (non-hydrogen) atoms. The third-order valence-corrected chi connectivity index (χ3v) is 5.69. The second-order valence-electron chi connectivity index (χ2n) is 7.12. The molecular weight excluding hydrogens is 358 g/mol. The number of fused-ring (bicyclic) bond motifs is 1. The molecule has 2 atom stereocenters. The molecule has 6 nitrogen and oxygen atoms in total. The number of ether oxygens (including phenoxy) is 1. The molecule has 0 N–H and O–H groups in total. The maximum absolute atomic E-state index is 13.2. The van der Waals surface area contributed by atoms with Gasteiger partial charge in [0.2, 0.25) is 11.8 Å². The maximum atomic E-state index is 13.2. The van der Waals surface area contributed by atoms with E-state index in [0.717, 1.165) is 10.5 Å². The molecule has 0 spiro atoms. The zero-order valence-corrected chi connectivity index (χ0v) is 15.4. The molecule has 2 amide bonds. The molecule has 4 rings (SSSR count). The van der Waals surface area contributed by atoms with Crippen molar-refractivity contribution >= 4 is 23.6 Å². The van der Waals surface area contributed by atoms with Crippen molar-refractivity contribution < 1.29 is 23.9 Å². The van der Waals surface area contributed by atoms with Gasteiger partial charge in [0.1, 0.15) is 0 Å². The van der Waals surface area contributed by atoms with E-state index >= 15 is 0 Å². The predicted molar refractivity (Wildman–Crippen MR) is 99.0 cm³/mol. The van der Waals surface area contributed by atoms with Gasteiger partial charge in [0.05, 0.1) is 19.6 Å². The fourth-order valence-corrected chi connectivity index (χ4v) is 4.38. The summed E-state index contributed by atoms with van der Waals surface area (Å²) in [6.07, 6.45) is -0.150. The fraction of sp³-hybridized carbons (Fsp3) is 0.273. The fourth-order valence-electron chi connectivity index (χ4n) is 4.38. The number of nitrogens with zero attached hydrogens (tertiary/aromatic N) is 1. The van der Waals surface area contributed by atoms with Crippen LogP contribution in [0.15, 0.2) is 54.6 Å². The molecule has 2 unspecified atom stereocenters. The minimum Gasteiger partial charge on any atom is -0.468 e. The highest BCUT2D eigenvalue weighted by Gasteiger charge is 2.64. The molecule has 1 heterocycles. The van der Waals surface area contributed by atoms with E-state index in [-0.39, 0.29) is 25.3 Å². The smallest absolute Gasteiger partial charge is 0.324 e. The summed E-state index contributed by atoms with van der Waals surface area (Å²) in [6, 6.07) is 16.1. The molecule has 1 fully saturated rings. The molecule has 1 aliphatic carbocycles. The zero-order valence-electron chi connectivity index (χ0n) is 15.4. The van der Waals surface area contributed by atoms with Gasteiger partial charge in [-0.2, -0.15) is 0 Å². The highest BCUT2D eigenvalue weighted by Crippen LogP contribution is 2.47. The second kappa shape index (κ2) is 6.71. The summed E-state index contributed by atoms with van der Waals surface area (Å²) >= 11 is 0. The molecule has 2 aromatic carbocycles. The van der Waals surface area contributed by atoms with Gasteiger partial charge in [0.15, 0.2) is 11.2 Å². The molecule has 0 aromatic heterocycles. The Labute approximate surface area is 162 Å². The van der Waals surface area contributed by atoms with Crippen LogP contribution in [0, 0.1) is 5.92 Å². The molecular formula is C22H19NO5. The van der Waals surface area contributed by atoms with Crippen molar-refractivity contribution in [3.05, 3.63) is 71.3 Å². The van der Waals surface area contributed by atoms with Crippen LogP contribution in [0.2, 0.25) is 0 Å². The van der Waals surface area contributed by atoms with E-state index < -0.39 is 29.0 Å². The van der Waals surface area contributed by atoms with Crippen molar-refractivity contribution in [1.29, 1.82) is 0 Å². The summed E-state index contributed by atoms with van der Waals surface area (Å²) in [5.41, 5.74) is 0.207. The summed E-state index contributed by atoms with van der Waals surface area (Å²) in [5, 5.41) is 0. The van der Waals surface area contributed by atoms with Crippen LogP contribution in [0.5, 0.6) is 0 Å². The summed E-state index contributed by atoms with van der Waals surface area (Å²) in [4.78, 5) is 53.0. The number of likely N-dealkylation sites (tertiary alicyclic amines) is 1. The van der Waals surface area contributed by atoms with Crippen molar-refractivity contribution in [3.8, 4) is 0 Å². The van der Waals surface area contributed by atoms with Crippen LogP contribution in [0.1, 0.15) is 23.1 Å². The Kier molecular flexibility index (Phi) is 4.34. The second-order valence-corrected chi connectivity index (χ2v) is 7.12. The number of methoxy groups -OCH3 is 1. The van der Waals surface area contributed by atoms with Crippen molar-refractivity contribution in [2.75, 3.05) is 7.11 Å². The third-order valence-electron chi connectivity index (χ3n) is 5.69. The lowest BCUT2D eigenvalue weighted by Gasteiger charge is -2.30. The van der Waals surface area contributed by atoms with Gasteiger partial charge in [-0.05, 0) is 16.7 Å². The lowest BCUT2D eigenvalue weighted by molar-refractivity contribution is -0.157. The molecule has 1 aliphatic heterocycles. The van der Waals surface area contributed by atoms with E-state index in [1.807, 2.05) is 30.3 Å². The van der Waals surface area contributed by atoms with E-state index in [1.54, 1.807) is 24.3 Å². The van der Waals surface area contributed by atoms with E-state index in [2.05, 4.69) is 0 Å². The highest BCUT2D eigenvalue weighted by molar-refractivity contribution is 6.19. The Morgan fingerprint density at radius 1 is 1.07 bits per heavy atom. The van der Waals surface area contributed by atoms with Gasteiger partial charge in [-0.15, -0.1) is 0 Å². The number of hydrogen-bond donors (Lipinski definition) is 0. The number of esters is 1. The number of hydrogen-bond acceptors (Lipinski definition) is 5. The number of Topliss-reactive ketones (excluding diaryl/α,β-unsaturated/α-hetero) is 1. The van der Waals surface area contributed by atoms with E-state index in [0.29, 0.717) is 11.1 Å². The Hall–Kier alpha value is -3.28. The molecule has 6 heteroatoms. The van der Waals surface area contributed by atoms with Crippen LogP contribution in [0.4, 0.5) is 0 Å². The average Bonchev–Trinajstić information content (AvgIpc) is 3.16. The normalized spacial score (nSPS) is 23.8. The molecule has 0 radical (unpaired) electrons. The highest BCUT2D eigenvalue weighted by atomic mass is 16.5. The Balaban J connectivity index is 1.77. The summed E-state index contributed by atoms with van der Waals surface area (Å²) < 4.78 is 4.97. The minimum absolute atomic E-state index is 0.0436. The van der Waals surface area contributed by atoms with Crippen LogP contribution < -0.4 is 0 Å². The van der Waals surface area contributed by atoms with Crippen LogP contribution in [-0.2, 0) is 42.3 Å². The SMILES string of the molecule is COC(=O)C1(C2CC(=O)N(Cc3ccccc3)C2=O)C(=O)Cc2ccccc21. The van der Waals surface area contributed by atoms with Crippen molar-refractivity contribution in [1.82, 2.24) is 4.90 Å². The third kappa shape index (κ3) is 2.48. The van der Waals surface area contributed by atoms with Crippen molar-refractivity contribution in [2.45, 2.75) is 24.8 Å². The number of benzene rings is 2. The van der Waals surface area contributed by atoms with E-state index in [1.165, 1.54) is 7.11 Å². The number of rotatable bonds is 4. The van der Waals surface area contributed by atoms with Crippen LogP contribution >= 0.6 is 0 Å². The molecule has 1 saturated heterocycles. The van der Waals surface area contributed by atoms with Crippen LogP contribution in [-0.4, -0.2) is 35.6 Å². The molecule has 2 aliphatic rings. The van der Waals surface area contributed by atoms with Crippen molar-refractivity contribution in [2.24, 2.45) is 5.92 Å². The van der Waals surface area contributed by atoms with Gasteiger partial charge in [-0.25, -0.2) is 0 Å². The van der Waals surface area contributed by atoms with Gasteiger partial charge in [-0.3, -0.25) is 24.1 Å². The van der Waals surface area contributed by atoms with Gasteiger partial charge in [0, 0.05) is 12.8 Å². The topological polar surface area (TPSA) is 80.8 Å². The first-order valence-electron chi connectivity index (χ1n) is 9.08. The van der Waals surface area contributed by atoms with Gasteiger partial charge in [0.25, 0.3) is 0 Å². The Bertz CT molecular complexity index is 973. The number of ketones is 1. The number of imide groups is 1. The van der Waals surface area contributed by atoms with Gasteiger partial charge in [-0.1, -0.05) is 54.6 Å². The van der Waals surface area contributed by atoms with Gasteiger partial charge >= 0.3 is 5.97 Å². The summed E-state index contributed by atoms with van der Waals surface area (Å²) in [5.74, 6) is -3.17. The monoisotopic (exact) mass is 377 g/mol. The van der Waals surface area contributed by atoms with Crippen LogP contribution in [0.25, 0.3) is 0 Å². The van der Waals surface area contributed by atoms with E-state index in [4.69, 9.17) is 4.74 Å². The number of amides is 2. The van der Waals surface area contributed by atoms with E-state index in [9.17, 15) is 19.2 Å². The standard InChI is InChI=1S/C22H19NO5/c1-28-21(27)22(16-10-6-5-9-15(16)11-18(22)24)17-12-19(25)23(20(17)26)13-14-7-3-2-4-8-14/h2-10,17H,11-13H2,1H3. The average molecular weight is 377 g/mol. The molecule has 142 valence electrons. The first kappa shape index (κ1) is 18.1. The first-order chi connectivity index (χ1) is 13.5. The number of carbonyl (C=O) groups is 4. The lowest BCUT2D eigenvalue weighted by Crippen LogP contribution is -2.51. The van der Waals surface area contributed by atoms with Crippen LogP contribution in [0.3, 0.4) is 0 Å². The molecule has 0 bridgehead atoms. The predicted octanol–water partition coefficient (Wildman–Crippen LogP) is 1.80. The summed E-state index contributed by atoms with van der Waals surface area (Å²) in [6.45, 7) is 0.113. The quantitative estimate of drug-likeness (QED) is 0.461.